The lowest BCUT2D eigenvalue weighted by atomic mass is 10.2. The van der Waals surface area contributed by atoms with Gasteiger partial charge >= 0.3 is 11.7 Å². The molecule has 21 heavy (non-hydrogen) atoms. The van der Waals surface area contributed by atoms with Crippen LogP contribution in [0.2, 0.25) is 0 Å². The molecule has 0 aliphatic rings. The van der Waals surface area contributed by atoms with Gasteiger partial charge in [0.15, 0.2) is 5.75 Å². The van der Waals surface area contributed by atoms with Gasteiger partial charge in [-0.05, 0) is 23.6 Å². The van der Waals surface area contributed by atoms with Crippen molar-refractivity contribution in [3.05, 3.63) is 50.2 Å². The van der Waals surface area contributed by atoms with Crippen molar-refractivity contribution in [2.75, 3.05) is 7.11 Å². The number of hydrogen-bond donors (Lipinski definition) is 1. The number of aromatic carboxylic acids is 1. The molecule has 1 N–H and O–H groups in total. The average Bonchev–Trinajstić information content (AvgIpc) is 2.93. The lowest BCUT2D eigenvalue weighted by molar-refractivity contribution is -0.386. The van der Waals surface area contributed by atoms with E-state index in [1.54, 1.807) is 11.4 Å². The zero-order valence-corrected chi connectivity index (χ0v) is 11.8. The summed E-state index contributed by atoms with van der Waals surface area (Å²) in [6.45, 7) is -0.0572. The first-order chi connectivity index (χ1) is 10.0. The third-order valence-corrected chi connectivity index (χ3v) is 3.63. The Hall–Kier alpha value is -2.61. The molecular weight excluding hydrogens is 298 g/mol. The van der Waals surface area contributed by atoms with Crippen LogP contribution in [0.15, 0.2) is 29.6 Å². The molecule has 0 spiro atoms. The molecule has 1 aromatic heterocycles. The van der Waals surface area contributed by atoms with Gasteiger partial charge in [0.25, 0.3) is 0 Å². The molecule has 7 nitrogen and oxygen atoms in total. The first kappa shape index (κ1) is 14.8. The first-order valence-corrected chi connectivity index (χ1v) is 6.65. The van der Waals surface area contributed by atoms with Crippen LogP contribution >= 0.6 is 11.3 Å². The molecule has 110 valence electrons. The van der Waals surface area contributed by atoms with Gasteiger partial charge in [0.05, 0.1) is 18.1 Å². The molecule has 0 bridgehead atoms. The van der Waals surface area contributed by atoms with Crippen molar-refractivity contribution in [2.45, 2.75) is 6.61 Å². The zero-order chi connectivity index (χ0) is 15.4. The molecule has 0 saturated carbocycles. The molecule has 0 atom stereocenters. The number of thiophene rings is 1. The van der Waals surface area contributed by atoms with Gasteiger partial charge in [-0.25, -0.2) is 4.79 Å². The summed E-state index contributed by atoms with van der Waals surface area (Å²) in [7, 11) is 1.41. The third kappa shape index (κ3) is 3.29. The minimum absolute atomic E-state index is 0.0572. The van der Waals surface area contributed by atoms with Crippen molar-refractivity contribution in [3.8, 4) is 11.5 Å². The highest BCUT2D eigenvalue weighted by atomic mass is 32.1. The van der Waals surface area contributed by atoms with E-state index in [9.17, 15) is 14.9 Å². The Bertz CT molecular complexity index is 681. The molecule has 8 heteroatoms. The summed E-state index contributed by atoms with van der Waals surface area (Å²) in [6.07, 6.45) is 0. The van der Waals surface area contributed by atoms with Crippen LogP contribution in [0.5, 0.6) is 11.5 Å². The van der Waals surface area contributed by atoms with Crippen molar-refractivity contribution >= 4 is 23.0 Å². The van der Waals surface area contributed by atoms with Gasteiger partial charge in [-0.1, -0.05) is 0 Å². The molecule has 0 aliphatic heterocycles. The van der Waals surface area contributed by atoms with Crippen LogP contribution in [0.3, 0.4) is 0 Å². The van der Waals surface area contributed by atoms with Crippen LogP contribution in [-0.4, -0.2) is 23.1 Å². The van der Waals surface area contributed by atoms with Crippen LogP contribution < -0.4 is 9.47 Å². The van der Waals surface area contributed by atoms with Crippen LogP contribution in [0.4, 0.5) is 5.69 Å². The number of hydrogen-bond acceptors (Lipinski definition) is 6. The second-order valence-corrected chi connectivity index (χ2v) is 4.88. The molecule has 1 heterocycles. The number of methoxy groups -OCH3 is 1. The fourth-order valence-electron chi connectivity index (χ4n) is 1.68. The van der Waals surface area contributed by atoms with Crippen molar-refractivity contribution in [2.24, 2.45) is 0 Å². The van der Waals surface area contributed by atoms with Gasteiger partial charge in [-0.3, -0.25) is 10.1 Å². The number of nitro benzene ring substituents is 1. The third-order valence-electron chi connectivity index (χ3n) is 2.69. The number of ether oxygens (including phenoxy) is 2. The second-order valence-electron chi connectivity index (χ2n) is 3.96. The average molecular weight is 309 g/mol. The molecule has 2 aromatic rings. The Kier molecular flexibility index (Phi) is 4.39. The highest BCUT2D eigenvalue weighted by Gasteiger charge is 2.18. The Balaban J connectivity index is 2.21. The van der Waals surface area contributed by atoms with E-state index in [0.29, 0.717) is 11.3 Å². The van der Waals surface area contributed by atoms with E-state index in [0.717, 1.165) is 11.3 Å². The van der Waals surface area contributed by atoms with Crippen LogP contribution in [-0.2, 0) is 6.61 Å². The molecule has 1 aromatic carbocycles. The summed E-state index contributed by atoms with van der Waals surface area (Å²) < 4.78 is 10.3. The predicted molar refractivity (Wildman–Crippen MR) is 75.3 cm³/mol. The van der Waals surface area contributed by atoms with E-state index in [-0.39, 0.29) is 22.9 Å². The van der Waals surface area contributed by atoms with Gasteiger partial charge < -0.3 is 14.6 Å². The fourth-order valence-corrected chi connectivity index (χ4v) is 2.43. The topological polar surface area (TPSA) is 98.9 Å². The molecule has 0 amide bonds. The summed E-state index contributed by atoms with van der Waals surface area (Å²) >= 11 is 1.08. The summed E-state index contributed by atoms with van der Waals surface area (Å²) in [5, 5.41) is 21.6. The zero-order valence-electron chi connectivity index (χ0n) is 10.9. The molecule has 0 unspecified atom stereocenters. The van der Waals surface area contributed by atoms with E-state index >= 15 is 0 Å². The summed E-state index contributed by atoms with van der Waals surface area (Å²) in [5.41, 5.74) is 0.235. The molecule has 0 radical (unpaired) electrons. The maximum absolute atomic E-state index is 11.0. The van der Waals surface area contributed by atoms with E-state index in [1.165, 1.54) is 25.3 Å². The predicted octanol–water partition coefficient (Wildman–Crippen LogP) is 2.94. The molecule has 0 fully saturated rings. The van der Waals surface area contributed by atoms with Gasteiger partial charge in [-0.15, -0.1) is 11.3 Å². The lowest BCUT2D eigenvalue weighted by Gasteiger charge is -2.08. The number of carbonyl (C=O) groups is 1. The normalized spacial score (nSPS) is 10.1. The standard InChI is InChI=1S/C13H11NO6S/c1-19-9-2-3-11(10(6-9)14(17)18)20-7-8-4-5-21-12(8)13(15)16/h2-6H,7H2,1H3,(H,15,16). The van der Waals surface area contributed by atoms with E-state index < -0.39 is 10.9 Å². The van der Waals surface area contributed by atoms with Crippen LogP contribution in [0.1, 0.15) is 15.2 Å². The summed E-state index contributed by atoms with van der Waals surface area (Å²) in [5.74, 6) is -0.646. The highest BCUT2D eigenvalue weighted by molar-refractivity contribution is 7.12. The number of benzene rings is 1. The Morgan fingerprint density at radius 2 is 2.19 bits per heavy atom. The minimum Gasteiger partial charge on any atom is -0.496 e. The monoisotopic (exact) mass is 309 g/mol. The van der Waals surface area contributed by atoms with E-state index in [1.807, 2.05) is 0 Å². The van der Waals surface area contributed by atoms with E-state index in [2.05, 4.69) is 0 Å². The quantitative estimate of drug-likeness (QED) is 0.650. The Morgan fingerprint density at radius 1 is 1.43 bits per heavy atom. The maximum atomic E-state index is 11.0. The minimum atomic E-state index is -1.05. The lowest BCUT2D eigenvalue weighted by Crippen LogP contribution is -2.03. The summed E-state index contributed by atoms with van der Waals surface area (Å²) in [6, 6.07) is 5.82. The van der Waals surface area contributed by atoms with Crippen LogP contribution in [0.25, 0.3) is 0 Å². The smallest absolute Gasteiger partial charge is 0.346 e. The van der Waals surface area contributed by atoms with Crippen molar-refractivity contribution in [3.63, 3.8) is 0 Å². The molecule has 0 aliphatic carbocycles. The molecule has 0 saturated heterocycles. The van der Waals surface area contributed by atoms with Crippen molar-refractivity contribution in [1.29, 1.82) is 0 Å². The van der Waals surface area contributed by atoms with Gasteiger partial charge in [0.1, 0.15) is 17.2 Å². The maximum Gasteiger partial charge on any atom is 0.346 e. The number of nitro groups is 1. The van der Waals surface area contributed by atoms with Gasteiger partial charge in [-0.2, -0.15) is 0 Å². The number of carboxylic acids is 1. The largest absolute Gasteiger partial charge is 0.496 e. The molecular formula is C13H11NO6S. The van der Waals surface area contributed by atoms with Gasteiger partial charge in [0.2, 0.25) is 0 Å². The first-order valence-electron chi connectivity index (χ1n) is 5.78. The SMILES string of the molecule is COc1ccc(OCc2ccsc2C(=O)O)c([N+](=O)[O-])c1. The van der Waals surface area contributed by atoms with E-state index in [4.69, 9.17) is 14.6 Å². The van der Waals surface area contributed by atoms with Crippen molar-refractivity contribution in [1.82, 2.24) is 0 Å². The summed E-state index contributed by atoms with van der Waals surface area (Å²) in [4.78, 5) is 21.6. The highest BCUT2D eigenvalue weighted by Crippen LogP contribution is 2.32. The second kappa shape index (κ2) is 6.23. The van der Waals surface area contributed by atoms with Crippen molar-refractivity contribution < 1.29 is 24.3 Å². The number of rotatable bonds is 6. The number of nitrogens with zero attached hydrogens (tertiary/aromatic N) is 1. The van der Waals surface area contributed by atoms with Gasteiger partial charge in [0, 0.05) is 5.56 Å². The number of carboxylic acid groups (broad SMARTS) is 1. The molecule has 2 rings (SSSR count). The Labute approximate surface area is 123 Å². The fraction of sp³-hybridized carbons (Fsp3) is 0.154. The Morgan fingerprint density at radius 3 is 2.81 bits per heavy atom. The van der Waals surface area contributed by atoms with Crippen LogP contribution in [0, 0.1) is 10.1 Å².